The van der Waals surface area contributed by atoms with Gasteiger partial charge in [0.25, 0.3) is 0 Å². The molecule has 1 heterocycles. The minimum absolute atomic E-state index is 0.0895. The van der Waals surface area contributed by atoms with E-state index < -0.39 is 18.4 Å². The summed E-state index contributed by atoms with van der Waals surface area (Å²) in [4.78, 5) is 39.9. The van der Waals surface area contributed by atoms with Crippen LogP contribution in [0.5, 0.6) is 0 Å². The van der Waals surface area contributed by atoms with Gasteiger partial charge in [-0.3, -0.25) is 14.4 Å². The van der Waals surface area contributed by atoms with E-state index in [2.05, 4.69) is 0 Å². The molecule has 0 bridgehead atoms. The highest BCUT2D eigenvalue weighted by atomic mass is 32.2. The quantitative estimate of drug-likeness (QED) is 0.698. The van der Waals surface area contributed by atoms with Gasteiger partial charge in [0.05, 0.1) is 12.5 Å². The summed E-state index contributed by atoms with van der Waals surface area (Å²) in [5.74, 6) is -2.07. The lowest BCUT2D eigenvalue weighted by Crippen LogP contribution is -2.42. The maximum absolute atomic E-state index is 12.6. The number of rotatable bonds is 8. The third-order valence-corrected chi connectivity index (χ3v) is 4.81. The number of anilines is 1. The van der Waals surface area contributed by atoms with Gasteiger partial charge in [-0.05, 0) is 30.5 Å². The van der Waals surface area contributed by atoms with Crippen LogP contribution in [0.25, 0.3) is 0 Å². The van der Waals surface area contributed by atoms with Gasteiger partial charge in [0.1, 0.15) is 6.54 Å². The molecule has 1 N–H and O–H groups in total. The summed E-state index contributed by atoms with van der Waals surface area (Å²) in [5, 5.41) is 8.99. The second kappa shape index (κ2) is 8.87. The summed E-state index contributed by atoms with van der Waals surface area (Å²) in [6, 6.07) is 7.57. The fourth-order valence-corrected chi connectivity index (χ4v) is 3.18. The number of hydrogen-bond acceptors (Lipinski definition) is 5. The Hall–Kier alpha value is -2.06. The van der Waals surface area contributed by atoms with E-state index in [0.717, 1.165) is 10.6 Å². The standard InChI is InChI=1S/C17H22N2O5S/c1-24-8-7-18(11-16(21)22)17(23)12-9-15(20)19(10-12)13-3-5-14(25-2)6-4-13/h3-6,12H,7-11H2,1-2H3,(H,21,22). The fourth-order valence-electron chi connectivity index (χ4n) is 2.77. The maximum Gasteiger partial charge on any atom is 0.323 e. The number of carboxylic acid groups (broad SMARTS) is 1. The van der Waals surface area contributed by atoms with Crippen molar-refractivity contribution in [1.82, 2.24) is 4.90 Å². The van der Waals surface area contributed by atoms with Crippen molar-refractivity contribution >= 4 is 35.2 Å². The van der Waals surface area contributed by atoms with E-state index in [1.165, 1.54) is 12.0 Å². The number of thioether (sulfide) groups is 1. The van der Waals surface area contributed by atoms with Crippen LogP contribution in [0.2, 0.25) is 0 Å². The van der Waals surface area contributed by atoms with Crippen LogP contribution in [0, 0.1) is 5.92 Å². The number of benzene rings is 1. The minimum atomic E-state index is -1.08. The second-order valence-electron chi connectivity index (χ2n) is 5.75. The summed E-state index contributed by atoms with van der Waals surface area (Å²) in [7, 11) is 1.49. The Bertz CT molecular complexity index is 634. The average Bonchev–Trinajstić information content (AvgIpc) is 2.99. The molecule has 2 amide bonds. The van der Waals surface area contributed by atoms with Crippen LogP contribution in [0.15, 0.2) is 29.2 Å². The zero-order chi connectivity index (χ0) is 18.4. The number of amides is 2. The van der Waals surface area contributed by atoms with Gasteiger partial charge in [-0.15, -0.1) is 11.8 Å². The van der Waals surface area contributed by atoms with Crippen LogP contribution >= 0.6 is 11.8 Å². The zero-order valence-corrected chi connectivity index (χ0v) is 15.1. The van der Waals surface area contributed by atoms with Gasteiger partial charge in [0.2, 0.25) is 11.8 Å². The van der Waals surface area contributed by atoms with E-state index in [1.54, 1.807) is 16.7 Å². The zero-order valence-electron chi connectivity index (χ0n) is 14.3. The number of carbonyl (C=O) groups excluding carboxylic acids is 2. The molecule has 1 saturated heterocycles. The van der Waals surface area contributed by atoms with Crippen LogP contribution in [-0.2, 0) is 19.1 Å². The molecule has 25 heavy (non-hydrogen) atoms. The number of aliphatic carboxylic acids is 1. The van der Waals surface area contributed by atoms with Crippen LogP contribution in [0.4, 0.5) is 5.69 Å². The molecule has 1 atom stereocenters. The van der Waals surface area contributed by atoms with Crippen LogP contribution in [0.1, 0.15) is 6.42 Å². The molecule has 8 heteroatoms. The molecule has 1 fully saturated rings. The molecule has 136 valence electrons. The number of ether oxygens (including phenoxy) is 1. The van der Waals surface area contributed by atoms with Crippen molar-refractivity contribution in [3.63, 3.8) is 0 Å². The summed E-state index contributed by atoms with van der Waals surface area (Å²) < 4.78 is 4.93. The lowest BCUT2D eigenvalue weighted by molar-refractivity contribution is -0.146. The highest BCUT2D eigenvalue weighted by Gasteiger charge is 2.37. The van der Waals surface area contributed by atoms with Gasteiger partial charge in [-0.25, -0.2) is 0 Å². The van der Waals surface area contributed by atoms with Gasteiger partial charge in [0, 0.05) is 37.2 Å². The van der Waals surface area contributed by atoms with Crippen LogP contribution < -0.4 is 4.90 Å². The molecule has 1 aromatic rings. The maximum atomic E-state index is 12.6. The topological polar surface area (TPSA) is 87.1 Å². The molecule has 1 aliphatic rings. The SMILES string of the molecule is COCCN(CC(=O)O)C(=O)C1CC(=O)N(c2ccc(SC)cc2)C1. The second-order valence-corrected chi connectivity index (χ2v) is 6.63. The van der Waals surface area contributed by atoms with E-state index >= 15 is 0 Å². The Kier molecular flexibility index (Phi) is 6.83. The predicted octanol–water partition coefficient (Wildman–Crippen LogP) is 1.32. The fraction of sp³-hybridized carbons (Fsp3) is 0.471. The van der Waals surface area contributed by atoms with Crippen LogP contribution in [-0.4, -0.2) is 67.4 Å². The van der Waals surface area contributed by atoms with Crippen molar-refractivity contribution in [3.8, 4) is 0 Å². The smallest absolute Gasteiger partial charge is 0.323 e. The molecule has 1 aliphatic heterocycles. The summed E-state index contributed by atoms with van der Waals surface area (Å²) >= 11 is 1.61. The third kappa shape index (κ3) is 4.96. The highest BCUT2D eigenvalue weighted by Crippen LogP contribution is 2.28. The molecule has 0 spiro atoms. The Balaban J connectivity index is 2.08. The molecule has 1 aromatic carbocycles. The number of methoxy groups -OCH3 is 1. The first-order valence-corrected chi connectivity index (χ1v) is 9.12. The van der Waals surface area contributed by atoms with E-state index in [4.69, 9.17) is 9.84 Å². The molecular formula is C17H22N2O5S. The predicted molar refractivity (Wildman–Crippen MR) is 94.8 cm³/mol. The summed E-state index contributed by atoms with van der Waals surface area (Å²) in [6.07, 6.45) is 2.06. The number of nitrogens with zero attached hydrogens (tertiary/aromatic N) is 2. The summed E-state index contributed by atoms with van der Waals surface area (Å²) in [5.41, 5.74) is 0.750. The first kappa shape index (κ1) is 19.3. The van der Waals surface area contributed by atoms with Crippen molar-refractivity contribution in [3.05, 3.63) is 24.3 Å². The lowest BCUT2D eigenvalue weighted by atomic mass is 10.1. The number of carbonyl (C=O) groups is 3. The van der Waals surface area contributed by atoms with Crippen molar-refractivity contribution in [1.29, 1.82) is 0 Å². The van der Waals surface area contributed by atoms with Crippen LogP contribution in [0.3, 0.4) is 0 Å². The Morgan fingerprint density at radius 3 is 2.60 bits per heavy atom. The molecular weight excluding hydrogens is 344 g/mol. The average molecular weight is 366 g/mol. The Labute approximate surface area is 150 Å². The first-order valence-electron chi connectivity index (χ1n) is 7.90. The lowest BCUT2D eigenvalue weighted by Gasteiger charge is -2.23. The van der Waals surface area contributed by atoms with Crippen molar-refractivity contribution in [2.45, 2.75) is 11.3 Å². The summed E-state index contributed by atoms with van der Waals surface area (Å²) in [6.45, 7) is 0.309. The molecule has 0 aliphatic carbocycles. The largest absolute Gasteiger partial charge is 0.480 e. The Morgan fingerprint density at radius 2 is 2.04 bits per heavy atom. The van der Waals surface area contributed by atoms with Crippen molar-refractivity contribution < 1.29 is 24.2 Å². The molecule has 0 radical (unpaired) electrons. The molecule has 0 aromatic heterocycles. The van der Waals surface area contributed by atoms with Crippen molar-refractivity contribution in [2.24, 2.45) is 5.92 Å². The van der Waals surface area contributed by atoms with Crippen molar-refractivity contribution in [2.75, 3.05) is 44.5 Å². The number of hydrogen-bond donors (Lipinski definition) is 1. The molecule has 7 nitrogen and oxygen atoms in total. The normalized spacial score (nSPS) is 17.0. The van der Waals surface area contributed by atoms with Gasteiger partial charge < -0.3 is 19.6 Å². The number of carboxylic acids is 1. The highest BCUT2D eigenvalue weighted by molar-refractivity contribution is 7.98. The van der Waals surface area contributed by atoms with Gasteiger partial charge in [-0.2, -0.15) is 0 Å². The van der Waals surface area contributed by atoms with Gasteiger partial charge >= 0.3 is 5.97 Å². The Morgan fingerprint density at radius 1 is 1.36 bits per heavy atom. The van der Waals surface area contributed by atoms with Gasteiger partial charge in [-0.1, -0.05) is 0 Å². The van der Waals surface area contributed by atoms with Gasteiger partial charge in [0.15, 0.2) is 0 Å². The molecule has 2 rings (SSSR count). The minimum Gasteiger partial charge on any atom is -0.480 e. The van der Waals surface area contributed by atoms with E-state index in [9.17, 15) is 14.4 Å². The molecule has 0 saturated carbocycles. The van der Waals surface area contributed by atoms with E-state index in [-0.39, 0.29) is 37.9 Å². The first-order chi connectivity index (χ1) is 12.0. The third-order valence-electron chi connectivity index (χ3n) is 4.06. The monoisotopic (exact) mass is 366 g/mol. The van der Waals surface area contributed by atoms with E-state index in [0.29, 0.717) is 0 Å². The van der Waals surface area contributed by atoms with E-state index in [1.807, 2.05) is 30.5 Å². The molecule has 1 unspecified atom stereocenters.